The Hall–Kier alpha value is 0.0569. The van der Waals surface area contributed by atoms with E-state index in [0.717, 1.165) is 13.0 Å². The van der Waals surface area contributed by atoms with Crippen molar-refractivity contribution < 1.29 is 18.0 Å². The first-order chi connectivity index (χ1) is 6.64. The van der Waals surface area contributed by atoms with Crippen LogP contribution in [0, 0.1) is 5.92 Å². The first-order valence-corrected chi connectivity index (χ1v) is 6.80. The van der Waals surface area contributed by atoms with Gasteiger partial charge in [0.15, 0.2) is 0 Å². The predicted molar refractivity (Wildman–Crippen MR) is 57.1 cm³/mol. The maximum atomic E-state index is 5.51. The summed E-state index contributed by atoms with van der Waals surface area (Å²) in [5, 5.41) is 0. The predicted octanol–water partition coefficient (Wildman–Crippen LogP) is 1.47. The molecule has 0 radical (unpaired) electrons. The van der Waals surface area contributed by atoms with E-state index in [1.54, 1.807) is 21.3 Å². The van der Waals surface area contributed by atoms with E-state index >= 15 is 0 Å². The Labute approximate surface area is 87.9 Å². The quantitative estimate of drug-likeness (QED) is 0.583. The summed E-state index contributed by atoms with van der Waals surface area (Å²) in [7, 11) is 2.25. The molecule has 0 spiro atoms. The van der Waals surface area contributed by atoms with Crippen LogP contribution in [-0.4, -0.2) is 43.0 Å². The molecule has 5 heteroatoms. The van der Waals surface area contributed by atoms with Crippen LogP contribution in [0.1, 0.15) is 20.3 Å². The normalized spacial score (nSPS) is 14.4. The second-order valence-electron chi connectivity index (χ2n) is 3.32. The Morgan fingerprint density at radius 2 is 1.57 bits per heavy atom. The molecule has 1 unspecified atom stereocenters. The fourth-order valence-corrected chi connectivity index (χ4v) is 2.15. The standard InChI is InChI=1S/C9H22O4Si/c1-6-9(2)7-13-8-14(10-3,11-4)12-5/h9H,6-8H2,1-5H3. The summed E-state index contributed by atoms with van der Waals surface area (Å²) in [5.74, 6) is 0.562. The third-order valence-corrected chi connectivity index (χ3v) is 4.73. The Kier molecular flexibility index (Phi) is 7.39. The summed E-state index contributed by atoms with van der Waals surface area (Å²) >= 11 is 0. The Morgan fingerprint density at radius 1 is 1.07 bits per heavy atom. The summed E-state index contributed by atoms with van der Waals surface area (Å²) in [6.45, 7) is 5.01. The van der Waals surface area contributed by atoms with E-state index in [-0.39, 0.29) is 0 Å². The maximum absolute atomic E-state index is 5.51. The van der Waals surface area contributed by atoms with Gasteiger partial charge in [0.1, 0.15) is 6.23 Å². The highest BCUT2D eigenvalue weighted by Crippen LogP contribution is 2.08. The summed E-state index contributed by atoms with van der Waals surface area (Å²) in [6, 6.07) is 0. The van der Waals surface area contributed by atoms with Crippen LogP contribution < -0.4 is 0 Å². The molecule has 0 aromatic rings. The first-order valence-electron chi connectivity index (χ1n) is 4.87. The van der Waals surface area contributed by atoms with E-state index in [1.807, 2.05) is 0 Å². The van der Waals surface area contributed by atoms with Crippen molar-refractivity contribution in [1.29, 1.82) is 0 Å². The summed E-state index contributed by atoms with van der Waals surface area (Å²) in [4.78, 5) is 0. The van der Waals surface area contributed by atoms with Crippen LogP contribution in [0.25, 0.3) is 0 Å². The topological polar surface area (TPSA) is 36.9 Å². The molecular weight excluding hydrogens is 200 g/mol. The fraction of sp³-hybridized carbons (Fsp3) is 1.00. The minimum absolute atomic E-state index is 0.418. The van der Waals surface area contributed by atoms with Crippen molar-refractivity contribution in [2.75, 3.05) is 34.2 Å². The SMILES string of the molecule is CCC(C)COC[Si](OC)(OC)OC. The number of rotatable bonds is 8. The van der Waals surface area contributed by atoms with Crippen molar-refractivity contribution in [3.8, 4) is 0 Å². The van der Waals surface area contributed by atoms with Gasteiger partial charge in [0.25, 0.3) is 0 Å². The highest BCUT2D eigenvalue weighted by Gasteiger charge is 2.38. The van der Waals surface area contributed by atoms with Gasteiger partial charge in [-0.05, 0) is 5.92 Å². The van der Waals surface area contributed by atoms with Gasteiger partial charge >= 0.3 is 8.80 Å². The lowest BCUT2D eigenvalue weighted by Crippen LogP contribution is -2.48. The van der Waals surface area contributed by atoms with Crippen LogP contribution in [-0.2, 0) is 18.0 Å². The fourth-order valence-electron chi connectivity index (χ4n) is 0.930. The molecule has 0 heterocycles. The van der Waals surface area contributed by atoms with Crippen LogP contribution in [0.2, 0.25) is 0 Å². The van der Waals surface area contributed by atoms with Gasteiger partial charge in [-0.1, -0.05) is 20.3 Å². The molecule has 0 aliphatic carbocycles. The molecule has 0 amide bonds. The first kappa shape index (κ1) is 14.1. The summed E-state index contributed by atoms with van der Waals surface area (Å²) < 4.78 is 21.2. The largest absolute Gasteiger partial charge is 0.527 e. The van der Waals surface area contributed by atoms with Gasteiger partial charge in [-0.25, -0.2) is 0 Å². The van der Waals surface area contributed by atoms with E-state index in [0.29, 0.717) is 12.1 Å². The molecule has 0 N–H and O–H groups in total. The van der Waals surface area contributed by atoms with Crippen molar-refractivity contribution in [3.63, 3.8) is 0 Å². The summed E-state index contributed by atoms with van der Waals surface area (Å²) in [6.07, 6.45) is 1.53. The molecule has 14 heavy (non-hydrogen) atoms. The molecule has 4 nitrogen and oxygen atoms in total. The molecule has 0 aromatic heterocycles. The molecule has 0 rings (SSSR count). The molecule has 0 saturated carbocycles. The van der Waals surface area contributed by atoms with E-state index < -0.39 is 8.80 Å². The highest BCUT2D eigenvalue weighted by atomic mass is 28.4. The second kappa shape index (κ2) is 7.36. The molecule has 0 fully saturated rings. The Morgan fingerprint density at radius 3 is 1.93 bits per heavy atom. The Balaban J connectivity index is 3.82. The van der Waals surface area contributed by atoms with Crippen LogP contribution in [0.5, 0.6) is 0 Å². The zero-order valence-corrected chi connectivity index (χ0v) is 10.8. The van der Waals surface area contributed by atoms with Gasteiger partial charge in [-0.15, -0.1) is 0 Å². The molecule has 0 aliphatic rings. The van der Waals surface area contributed by atoms with Gasteiger partial charge in [0.2, 0.25) is 0 Å². The second-order valence-corrected chi connectivity index (χ2v) is 6.20. The molecular formula is C9H22O4Si. The molecule has 0 aliphatic heterocycles. The molecule has 0 bridgehead atoms. The molecule has 0 aromatic carbocycles. The monoisotopic (exact) mass is 222 g/mol. The molecule has 1 atom stereocenters. The number of hydrogen-bond donors (Lipinski definition) is 0. The number of hydrogen-bond acceptors (Lipinski definition) is 4. The van der Waals surface area contributed by atoms with Gasteiger partial charge in [0.05, 0.1) is 0 Å². The molecule has 86 valence electrons. The molecule has 0 saturated heterocycles. The average molecular weight is 222 g/mol. The highest BCUT2D eigenvalue weighted by molar-refractivity contribution is 6.60. The van der Waals surface area contributed by atoms with Crippen molar-refractivity contribution >= 4 is 8.80 Å². The van der Waals surface area contributed by atoms with Gasteiger partial charge in [-0.3, -0.25) is 0 Å². The lowest BCUT2D eigenvalue weighted by atomic mass is 10.1. The van der Waals surface area contributed by atoms with Crippen LogP contribution in [0.4, 0.5) is 0 Å². The summed E-state index contributed by atoms with van der Waals surface area (Å²) in [5.41, 5.74) is 0. The van der Waals surface area contributed by atoms with Gasteiger partial charge in [0, 0.05) is 27.9 Å². The van der Waals surface area contributed by atoms with E-state index in [4.69, 9.17) is 18.0 Å². The van der Waals surface area contributed by atoms with E-state index in [2.05, 4.69) is 13.8 Å². The number of ether oxygens (including phenoxy) is 1. The van der Waals surface area contributed by atoms with Crippen LogP contribution in [0.15, 0.2) is 0 Å². The third kappa shape index (κ3) is 4.52. The lowest BCUT2D eigenvalue weighted by molar-refractivity contribution is 0.0527. The van der Waals surface area contributed by atoms with Crippen molar-refractivity contribution in [1.82, 2.24) is 0 Å². The van der Waals surface area contributed by atoms with Gasteiger partial charge < -0.3 is 18.0 Å². The minimum atomic E-state index is -2.52. The van der Waals surface area contributed by atoms with Crippen LogP contribution >= 0.6 is 0 Å². The van der Waals surface area contributed by atoms with Crippen molar-refractivity contribution in [3.05, 3.63) is 0 Å². The Bertz CT molecular complexity index is 131. The zero-order valence-electron chi connectivity index (χ0n) is 9.83. The minimum Gasteiger partial charge on any atom is -0.377 e. The lowest BCUT2D eigenvalue weighted by Gasteiger charge is -2.24. The zero-order chi connectivity index (χ0) is 11.0. The van der Waals surface area contributed by atoms with E-state index in [1.165, 1.54) is 0 Å². The van der Waals surface area contributed by atoms with Crippen LogP contribution in [0.3, 0.4) is 0 Å². The smallest absolute Gasteiger partial charge is 0.377 e. The van der Waals surface area contributed by atoms with Gasteiger partial charge in [-0.2, -0.15) is 0 Å². The average Bonchev–Trinajstić information content (AvgIpc) is 2.25. The third-order valence-electron chi connectivity index (χ3n) is 2.31. The van der Waals surface area contributed by atoms with E-state index in [9.17, 15) is 0 Å². The van der Waals surface area contributed by atoms with Crippen molar-refractivity contribution in [2.24, 2.45) is 5.92 Å². The maximum Gasteiger partial charge on any atom is 0.527 e. The van der Waals surface area contributed by atoms with Crippen molar-refractivity contribution in [2.45, 2.75) is 20.3 Å².